The predicted octanol–water partition coefficient (Wildman–Crippen LogP) is 3.59. The highest BCUT2D eigenvalue weighted by atomic mass is 19.1. The average molecular weight is 390 g/mol. The minimum atomic E-state index is -1.65. The zero-order valence-corrected chi connectivity index (χ0v) is 16.3. The maximum absolute atomic E-state index is 14.5. The third kappa shape index (κ3) is 2.69. The van der Waals surface area contributed by atoms with Crippen LogP contribution in [0.4, 0.5) is 10.1 Å². The van der Waals surface area contributed by atoms with Crippen LogP contribution in [0.5, 0.6) is 0 Å². The number of nitrogens with zero attached hydrogens (tertiary/aromatic N) is 4. The van der Waals surface area contributed by atoms with Gasteiger partial charge in [-0.1, -0.05) is 35.9 Å². The van der Waals surface area contributed by atoms with E-state index < -0.39 is 23.2 Å². The lowest BCUT2D eigenvalue weighted by Gasteiger charge is -2.39. The van der Waals surface area contributed by atoms with Crippen molar-refractivity contribution >= 4 is 29.4 Å². The Morgan fingerprint density at radius 3 is 2.52 bits per heavy atom. The molecule has 1 unspecified atom stereocenters. The van der Waals surface area contributed by atoms with Gasteiger partial charge in [0.25, 0.3) is 11.8 Å². The Hall–Kier alpha value is -3.61. The molecule has 7 heteroatoms. The second-order valence-corrected chi connectivity index (χ2v) is 7.17. The number of benzene rings is 2. The molecule has 1 spiro atoms. The van der Waals surface area contributed by atoms with Crippen molar-refractivity contribution < 1.29 is 14.0 Å². The zero-order chi connectivity index (χ0) is 20.8. The molecule has 1 atom stereocenters. The molecule has 4 rings (SSSR count). The standard InChI is InChI=1S/C22H19FN4O2/c1-14(2)12-20(28)27-22(18-10-7-11-19(23)17(18)13-24-27)15(3)25-26(21(22)29)16-8-5-4-6-9-16/h4-13H,1-3H3. The Labute approximate surface area is 167 Å². The summed E-state index contributed by atoms with van der Waals surface area (Å²) in [6.07, 6.45) is 2.67. The topological polar surface area (TPSA) is 65.3 Å². The third-order valence-electron chi connectivity index (χ3n) is 4.96. The summed E-state index contributed by atoms with van der Waals surface area (Å²) < 4.78 is 14.5. The molecule has 0 N–H and O–H groups in total. The number of para-hydroxylation sites is 1. The number of hydrazone groups is 2. The van der Waals surface area contributed by atoms with Gasteiger partial charge in [-0.3, -0.25) is 9.59 Å². The Morgan fingerprint density at radius 2 is 1.83 bits per heavy atom. The fourth-order valence-electron chi connectivity index (χ4n) is 3.70. The van der Waals surface area contributed by atoms with Crippen LogP contribution in [0, 0.1) is 5.82 Å². The van der Waals surface area contributed by atoms with Crippen molar-refractivity contribution in [3.63, 3.8) is 0 Å². The molecule has 146 valence electrons. The van der Waals surface area contributed by atoms with Crippen LogP contribution in [0.1, 0.15) is 31.9 Å². The van der Waals surface area contributed by atoms with Crippen molar-refractivity contribution in [3.05, 3.63) is 77.1 Å². The molecule has 2 aliphatic rings. The number of carbonyl (C=O) groups is 2. The molecular formula is C22H19FN4O2. The van der Waals surface area contributed by atoms with E-state index in [1.807, 2.05) is 6.07 Å². The number of hydrogen-bond donors (Lipinski definition) is 0. The van der Waals surface area contributed by atoms with Gasteiger partial charge in [0.2, 0.25) is 5.54 Å². The van der Waals surface area contributed by atoms with Crippen molar-refractivity contribution in [1.29, 1.82) is 0 Å². The van der Waals surface area contributed by atoms with Gasteiger partial charge >= 0.3 is 0 Å². The van der Waals surface area contributed by atoms with E-state index in [0.717, 1.165) is 10.6 Å². The number of rotatable bonds is 2. The van der Waals surface area contributed by atoms with Gasteiger partial charge in [0, 0.05) is 17.2 Å². The molecule has 2 aromatic carbocycles. The van der Waals surface area contributed by atoms with Crippen molar-refractivity contribution in [2.24, 2.45) is 10.2 Å². The Morgan fingerprint density at radius 1 is 1.10 bits per heavy atom. The first kappa shape index (κ1) is 18.7. The van der Waals surface area contributed by atoms with Gasteiger partial charge in [-0.05, 0) is 39.0 Å². The summed E-state index contributed by atoms with van der Waals surface area (Å²) in [4.78, 5) is 26.8. The lowest BCUT2D eigenvalue weighted by Crippen LogP contribution is -2.58. The summed E-state index contributed by atoms with van der Waals surface area (Å²) in [5.74, 6) is -1.48. The van der Waals surface area contributed by atoms with Gasteiger partial charge in [0.1, 0.15) is 5.82 Å². The van der Waals surface area contributed by atoms with Crippen LogP contribution in [-0.4, -0.2) is 28.7 Å². The molecule has 0 radical (unpaired) electrons. The van der Waals surface area contributed by atoms with E-state index in [2.05, 4.69) is 10.2 Å². The maximum atomic E-state index is 14.5. The predicted molar refractivity (Wildman–Crippen MR) is 109 cm³/mol. The van der Waals surface area contributed by atoms with E-state index in [0.29, 0.717) is 17.0 Å². The molecule has 2 aliphatic heterocycles. The van der Waals surface area contributed by atoms with Gasteiger partial charge in [0.05, 0.1) is 17.6 Å². The van der Waals surface area contributed by atoms with Crippen LogP contribution in [0.25, 0.3) is 0 Å². The maximum Gasteiger partial charge on any atom is 0.286 e. The van der Waals surface area contributed by atoms with Gasteiger partial charge in [0.15, 0.2) is 0 Å². The van der Waals surface area contributed by atoms with Crippen LogP contribution in [0.2, 0.25) is 0 Å². The van der Waals surface area contributed by atoms with Gasteiger partial charge < -0.3 is 0 Å². The first-order valence-corrected chi connectivity index (χ1v) is 9.14. The highest BCUT2D eigenvalue weighted by molar-refractivity contribution is 6.25. The lowest BCUT2D eigenvalue weighted by molar-refractivity contribution is -0.139. The first-order valence-electron chi connectivity index (χ1n) is 9.14. The van der Waals surface area contributed by atoms with Crippen molar-refractivity contribution in [2.75, 3.05) is 5.01 Å². The molecule has 0 aliphatic carbocycles. The smallest absolute Gasteiger partial charge is 0.269 e. The fourth-order valence-corrected chi connectivity index (χ4v) is 3.70. The largest absolute Gasteiger partial charge is 0.286 e. The van der Waals surface area contributed by atoms with Crippen LogP contribution in [0.3, 0.4) is 0 Å². The molecule has 29 heavy (non-hydrogen) atoms. The highest BCUT2D eigenvalue weighted by Gasteiger charge is 2.59. The number of allylic oxidation sites excluding steroid dienone is 1. The van der Waals surface area contributed by atoms with Gasteiger partial charge in [-0.25, -0.2) is 9.40 Å². The summed E-state index contributed by atoms with van der Waals surface area (Å²) in [7, 11) is 0. The van der Waals surface area contributed by atoms with E-state index in [-0.39, 0.29) is 5.56 Å². The number of fused-ring (bicyclic) bond motifs is 2. The quantitative estimate of drug-likeness (QED) is 0.736. The van der Waals surface area contributed by atoms with Crippen molar-refractivity contribution in [2.45, 2.75) is 26.3 Å². The highest BCUT2D eigenvalue weighted by Crippen LogP contribution is 2.43. The summed E-state index contributed by atoms with van der Waals surface area (Å²) in [6, 6.07) is 13.4. The lowest BCUT2D eigenvalue weighted by atomic mass is 9.80. The number of anilines is 1. The van der Waals surface area contributed by atoms with Crippen LogP contribution in [-0.2, 0) is 15.1 Å². The molecule has 0 bridgehead atoms. The van der Waals surface area contributed by atoms with E-state index in [1.54, 1.807) is 51.1 Å². The summed E-state index contributed by atoms with van der Waals surface area (Å²) in [6.45, 7) is 5.21. The molecule has 0 fully saturated rings. The molecule has 2 heterocycles. The second-order valence-electron chi connectivity index (χ2n) is 7.17. The molecule has 2 amide bonds. The SMILES string of the molecule is CC(C)=CC(=O)N1N=Cc2c(F)cccc2C12C(=O)N(c1ccccc1)N=C2C. The van der Waals surface area contributed by atoms with E-state index in [4.69, 9.17) is 0 Å². The molecule has 2 aromatic rings. The van der Waals surface area contributed by atoms with Crippen molar-refractivity contribution in [1.82, 2.24) is 5.01 Å². The molecule has 0 saturated carbocycles. The first-order chi connectivity index (χ1) is 13.9. The minimum absolute atomic E-state index is 0.173. The van der Waals surface area contributed by atoms with Gasteiger partial charge in [-0.2, -0.15) is 15.2 Å². The summed E-state index contributed by atoms with van der Waals surface area (Å²) in [5, 5.41) is 11.0. The van der Waals surface area contributed by atoms with Crippen LogP contribution < -0.4 is 5.01 Å². The average Bonchev–Trinajstić information content (AvgIpc) is 2.95. The van der Waals surface area contributed by atoms with E-state index in [9.17, 15) is 14.0 Å². The minimum Gasteiger partial charge on any atom is -0.269 e. The van der Waals surface area contributed by atoms with E-state index in [1.165, 1.54) is 29.4 Å². The normalized spacial score (nSPS) is 20.0. The fraction of sp³-hybridized carbons (Fsp3) is 0.182. The van der Waals surface area contributed by atoms with Crippen LogP contribution in [0.15, 0.2) is 70.4 Å². The number of halogens is 1. The van der Waals surface area contributed by atoms with Gasteiger partial charge in [-0.15, -0.1) is 0 Å². The Kier molecular flexibility index (Phi) is 4.38. The number of amides is 2. The molecule has 0 aromatic heterocycles. The van der Waals surface area contributed by atoms with Crippen LogP contribution >= 0.6 is 0 Å². The third-order valence-corrected chi connectivity index (χ3v) is 4.96. The number of carbonyl (C=O) groups excluding carboxylic acids is 2. The second kappa shape index (κ2) is 6.77. The molecule has 6 nitrogen and oxygen atoms in total. The molecule has 0 saturated heterocycles. The summed E-state index contributed by atoms with van der Waals surface area (Å²) in [5.41, 5.74) is 0.511. The Balaban J connectivity index is 1.96. The zero-order valence-electron chi connectivity index (χ0n) is 16.3. The summed E-state index contributed by atoms with van der Waals surface area (Å²) >= 11 is 0. The van der Waals surface area contributed by atoms with Crippen molar-refractivity contribution in [3.8, 4) is 0 Å². The van der Waals surface area contributed by atoms with E-state index >= 15 is 0 Å². The number of hydrogen-bond acceptors (Lipinski definition) is 4. The molecular weight excluding hydrogens is 371 g/mol. The monoisotopic (exact) mass is 390 g/mol. The Bertz CT molecular complexity index is 1100.